The Labute approximate surface area is 248 Å². The van der Waals surface area contributed by atoms with Gasteiger partial charge in [-0.3, -0.25) is 14.5 Å². The number of nitrogens with one attached hydrogen (secondary N) is 1. The van der Waals surface area contributed by atoms with Gasteiger partial charge in [-0.2, -0.15) is 5.26 Å². The minimum absolute atomic E-state index is 0.0246. The molecule has 3 aromatic rings. The highest BCUT2D eigenvalue weighted by molar-refractivity contribution is 8.01. The van der Waals surface area contributed by atoms with E-state index in [0.29, 0.717) is 45.8 Å². The minimum atomic E-state index is -0.518. The molecule has 10 heteroatoms. The Morgan fingerprint density at radius 2 is 1.95 bits per heavy atom. The van der Waals surface area contributed by atoms with Gasteiger partial charge in [-0.15, -0.1) is 10.2 Å². The van der Waals surface area contributed by atoms with Crippen molar-refractivity contribution in [1.29, 1.82) is 5.26 Å². The van der Waals surface area contributed by atoms with E-state index >= 15 is 0 Å². The summed E-state index contributed by atoms with van der Waals surface area (Å²) < 4.78 is 0.595. The molecule has 5 rings (SSSR count). The highest BCUT2D eigenvalue weighted by atomic mass is 32.2. The number of hydrogen-bond acceptors (Lipinski definition) is 9. The van der Waals surface area contributed by atoms with Crippen molar-refractivity contribution in [3.8, 4) is 6.07 Å². The summed E-state index contributed by atoms with van der Waals surface area (Å²) >= 11 is 2.57. The van der Waals surface area contributed by atoms with Crippen LogP contribution in [0, 0.1) is 25.2 Å². The maximum atomic E-state index is 13.4. The standard InChI is InChI=1S/C31H32N6O2S2/c1-17(2)20-9-11-21(12-10-20)27-22(15-32)29(33)37(24-6-5-7-25(38)28(24)27)30-35-36-31(41-30)40-16-26(39)34-23-13-8-18(3)14-19(23)4/h8-14,17,27H,5-7,16,33H2,1-4H3,(H,34,39). The number of thioether (sulfide) groups is 1. The number of carbonyl (C=O) groups excluding carboxylic acids is 2. The lowest BCUT2D eigenvalue weighted by Gasteiger charge is -2.38. The number of rotatable bonds is 7. The van der Waals surface area contributed by atoms with E-state index in [-0.39, 0.29) is 23.3 Å². The van der Waals surface area contributed by atoms with Gasteiger partial charge in [0.15, 0.2) is 10.1 Å². The Hall–Kier alpha value is -3.94. The van der Waals surface area contributed by atoms with E-state index in [1.165, 1.54) is 28.7 Å². The molecule has 3 N–H and O–H groups in total. The van der Waals surface area contributed by atoms with Crippen LogP contribution in [0.3, 0.4) is 0 Å². The van der Waals surface area contributed by atoms with Crippen LogP contribution in [0.4, 0.5) is 10.8 Å². The maximum Gasteiger partial charge on any atom is 0.234 e. The summed E-state index contributed by atoms with van der Waals surface area (Å²) in [5.74, 6) is 0.163. The molecule has 1 aliphatic heterocycles. The number of ketones is 1. The number of allylic oxidation sites excluding steroid dienone is 3. The Kier molecular flexibility index (Phi) is 8.29. The molecule has 8 nitrogen and oxygen atoms in total. The average Bonchev–Trinajstić information content (AvgIpc) is 3.41. The molecule has 1 atom stereocenters. The van der Waals surface area contributed by atoms with Gasteiger partial charge >= 0.3 is 0 Å². The predicted octanol–water partition coefficient (Wildman–Crippen LogP) is 6.31. The number of Topliss-reactive ketones (excluding diaryl/α,β-unsaturated/α-hetero) is 1. The van der Waals surface area contributed by atoms with E-state index in [2.05, 4.69) is 47.6 Å². The van der Waals surface area contributed by atoms with Gasteiger partial charge in [0.25, 0.3) is 0 Å². The molecule has 2 heterocycles. The number of carbonyl (C=O) groups is 2. The average molecular weight is 585 g/mol. The van der Waals surface area contributed by atoms with Crippen LogP contribution in [0.1, 0.15) is 67.2 Å². The second kappa shape index (κ2) is 11.9. The summed E-state index contributed by atoms with van der Waals surface area (Å²) in [4.78, 5) is 27.7. The fraction of sp³-hybridized carbons (Fsp3) is 0.323. The van der Waals surface area contributed by atoms with Gasteiger partial charge < -0.3 is 11.1 Å². The van der Waals surface area contributed by atoms with E-state index in [4.69, 9.17) is 5.73 Å². The van der Waals surface area contributed by atoms with E-state index in [0.717, 1.165) is 28.1 Å². The van der Waals surface area contributed by atoms with Crippen molar-refractivity contribution in [3.05, 3.63) is 87.4 Å². The molecule has 1 aliphatic carbocycles. The van der Waals surface area contributed by atoms with E-state index in [1.54, 1.807) is 4.90 Å². The number of nitriles is 1. The third kappa shape index (κ3) is 5.78. The number of amides is 1. The molecule has 0 bridgehead atoms. The van der Waals surface area contributed by atoms with Gasteiger partial charge in [0.05, 0.1) is 23.3 Å². The first kappa shape index (κ1) is 28.6. The van der Waals surface area contributed by atoms with Crippen molar-refractivity contribution < 1.29 is 9.59 Å². The summed E-state index contributed by atoms with van der Waals surface area (Å²) in [5.41, 5.74) is 13.4. The maximum absolute atomic E-state index is 13.4. The van der Waals surface area contributed by atoms with Crippen LogP contribution in [0.15, 0.2) is 69.5 Å². The molecule has 0 saturated heterocycles. The number of nitrogens with two attached hydrogens (primary N) is 1. The third-order valence-electron chi connectivity index (χ3n) is 7.42. The lowest BCUT2D eigenvalue weighted by Crippen LogP contribution is -2.38. The molecule has 2 aliphatic rings. The van der Waals surface area contributed by atoms with Crippen molar-refractivity contribution in [2.24, 2.45) is 5.73 Å². The van der Waals surface area contributed by atoms with Crippen molar-refractivity contribution in [2.75, 3.05) is 16.0 Å². The molecular weight excluding hydrogens is 553 g/mol. The van der Waals surface area contributed by atoms with Gasteiger partial charge in [-0.05, 0) is 55.4 Å². The zero-order valence-electron chi connectivity index (χ0n) is 23.5. The molecular formula is C31H32N6O2S2. The van der Waals surface area contributed by atoms with Gasteiger partial charge in [0, 0.05) is 23.4 Å². The van der Waals surface area contributed by atoms with Crippen LogP contribution in [0.25, 0.3) is 0 Å². The van der Waals surface area contributed by atoms with Crippen molar-refractivity contribution in [3.63, 3.8) is 0 Å². The molecule has 2 aromatic carbocycles. The van der Waals surface area contributed by atoms with E-state index in [9.17, 15) is 14.9 Å². The zero-order chi connectivity index (χ0) is 29.3. The first-order valence-corrected chi connectivity index (χ1v) is 15.4. The van der Waals surface area contributed by atoms with Gasteiger partial charge in [0.2, 0.25) is 11.0 Å². The van der Waals surface area contributed by atoms with E-state index < -0.39 is 5.92 Å². The lowest BCUT2D eigenvalue weighted by molar-refractivity contribution is -0.116. The Balaban J connectivity index is 1.41. The topological polar surface area (TPSA) is 125 Å². The second-order valence-corrected chi connectivity index (χ2v) is 12.8. The summed E-state index contributed by atoms with van der Waals surface area (Å²) in [6, 6.07) is 16.3. The number of anilines is 2. The molecule has 0 saturated carbocycles. The predicted molar refractivity (Wildman–Crippen MR) is 164 cm³/mol. The molecule has 0 radical (unpaired) electrons. The molecule has 41 heavy (non-hydrogen) atoms. The highest BCUT2D eigenvalue weighted by Crippen LogP contribution is 2.47. The zero-order valence-corrected chi connectivity index (χ0v) is 25.2. The number of nitrogens with zero attached hydrogens (tertiary/aromatic N) is 4. The summed E-state index contributed by atoms with van der Waals surface area (Å²) in [5, 5.41) is 22.3. The second-order valence-electron chi connectivity index (χ2n) is 10.6. The van der Waals surface area contributed by atoms with Crippen molar-refractivity contribution >= 4 is 45.6 Å². The molecule has 1 amide bonds. The highest BCUT2D eigenvalue weighted by Gasteiger charge is 2.41. The number of aromatic nitrogens is 2. The smallest absolute Gasteiger partial charge is 0.234 e. The molecule has 1 aromatic heterocycles. The molecule has 210 valence electrons. The van der Waals surface area contributed by atoms with Gasteiger partial charge in [-0.25, -0.2) is 0 Å². The van der Waals surface area contributed by atoms with Crippen LogP contribution in [-0.4, -0.2) is 27.6 Å². The lowest BCUT2D eigenvalue weighted by atomic mass is 9.75. The van der Waals surface area contributed by atoms with Crippen LogP contribution in [0.5, 0.6) is 0 Å². The summed E-state index contributed by atoms with van der Waals surface area (Å²) in [7, 11) is 0. The van der Waals surface area contributed by atoms with Crippen LogP contribution in [0.2, 0.25) is 0 Å². The fourth-order valence-electron chi connectivity index (χ4n) is 5.33. The quantitative estimate of drug-likeness (QED) is 0.309. The van der Waals surface area contributed by atoms with Crippen LogP contribution in [-0.2, 0) is 9.59 Å². The molecule has 0 fully saturated rings. The Morgan fingerprint density at radius 1 is 1.20 bits per heavy atom. The summed E-state index contributed by atoms with van der Waals surface area (Å²) in [6.07, 6.45) is 1.77. The first-order chi connectivity index (χ1) is 19.7. The van der Waals surface area contributed by atoms with Crippen molar-refractivity contribution in [1.82, 2.24) is 10.2 Å². The number of hydrogen-bond donors (Lipinski definition) is 2. The Morgan fingerprint density at radius 3 is 2.63 bits per heavy atom. The fourth-order valence-corrected chi connectivity index (χ4v) is 7.01. The van der Waals surface area contributed by atoms with Crippen LogP contribution >= 0.6 is 23.1 Å². The van der Waals surface area contributed by atoms with Crippen LogP contribution < -0.4 is 16.0 Å². The van der Waals surface area contributed by atoms with Crippen molar-refractivity contribution in [2.45, 2.75) is 63.1 Å². The molecule has 1 unspecified atom stereocenters. The van der Waals surface area contributed by atoms with Gasteiger partial charge in [-0.1, -0.05) is 78.9 Å². The number of benzene rings is 2. The summed E-state index contributed by atoms with van der Waals surface area (Å²) in [6.45, 7) is 8.23. The minimum Gasteiger partial charge on any atom is -0.384 e. The van der Waals surface area contributed by atoms with Gasteiger partial charge in [0.1, 0.15) is 5.82 Å². The number of aryl methyl sites for hydroxylation is 2. The molecule has 0 spiro atoms. The Bertz CT molecular complexity index is 1610. The largest absolute Gasteiger partial charge is 0.384 e. The normalized spacial score (nSPS) is 17.1. The third-order valence-corrected chi connectivity index (χ3v) is 9.46. The monoisotopic (exact) mass is 584 g/mol. The van der Waals surface area contributed by atoms with E-state index in [1.807, 2.05) is 44.2 Å². The SMILES string of the molecule is Cc1ccc(NC(=O)CSc2nnc(N3C(N)=C(C#N)C(c4ccc(C(C)C)cc4)C4=C3CCCC4=O)s2)c(C)c1. The first-order valence-electron chi connectivity index (χ1n) is 13.6.